The van der Waals surface area contributed by atoms with Crippen molar-refractivity contribution in [2.24, 2.45) is 29.6 Å². The summed E-state index contributed by atoms with van der Waals surface area (Å²) in [7, 11) is -19.3. The van der Waals surface area contributed by atoms with E-state index in [1.165, 1.54) is 12.5 Å². The number of carbonyl (C=O) groups is 5. The highest BCUT2D eigenvalue weighted by atomic mass is 35.6. The Hall–Kier alpha value is -5.66. The number of Topliss-reactive ketones (excluding diaryl/α,β-unsaturated/α-hetero) is 4. The number of hydrogen-bond acceptors (Lipinski definition) is 22. The summed E-state index contributed by atoms with van der Waals surface area (Å²) in [5.41, 5.74) is 12.4. The van der Waals surface area contributed by atoms with E-state index in [-0.39, 0.29) is 44.3 Å². The van der Waals surface area contributed by atoms with Crippen LogP contribution in [0, 0.1) is 29.6 Å². The van der Waals surface area contributed by atoms with Crippen LogP contribution in [-0.2, 0) is 46.9 Å². The normalized spacial score (nSPS) is 12.3. The maximum Gasteiger partial charge on any atom is 0.222 e. The molecule has 6 rings (SSSR count). The number of rotatable bonds is 50. The van der Waals surface area contributed by atoms with Crippen molar-refractivity contribution < 1.29 is 45.2 Å². The Kier molecular flexibility index (Phi) is 71.8. The molecule has 6 heterocycles. The summed E-state index contributed by atoms with van der Waals surface area (Å²) in [4.78, 5) is 116. The zero-order valence-electron chi connectivity index (χ0n) is 92.0. The maximum absolute atomic E-state index is 11.7. The molecule has 0 unspecified atom stereocenters. The zero-order chi connectivity index (χ0) is 107. The van der Waals surface area contributed by atoms with Gasteiger partial charge in [0.25, 0.3) is 0 Å². The van der Waals surface area contributed by atoms with Crippen LogP contribution in [0.3, 0.4) is 0 Å². The van der Waals surface area contributed by atoms with Crippen LogP contribution in [0.5, 0.6) is 0 Å². The smallest absolute Gasteiger partial charge is 0.222 e. The minimum atomic E-state index is -1.95. The molecule has 6 aromatic heterocycles. The Morgan fingerprint density at radius 1 is 0.360 bits per heavy atom. The topological polar surface area (TPSA) is 309 Å². The molecule has 139 heavy (non-hydrogen) atoms. The summed E-state index contributed by atoms with van der Waals surface area (Å²) < 4.78 is 25.6. The Labute approximate surface area is 870 Å². The van der Waals surface area contributed by atoms with Gasteiger partial charge in [0.1, 0.15) is 29.0 Å². The average Bonchev–Trinajstić information content (AvgIpc) is 0.850. The van der Waals surface area contributed by atoms with Gasteiger partial charge in [-0.3, -0.25) is 24.0 Å². The molecular weight excluding hydrogens is 2000 g/mol. The minimum absolute atomic E-state index is 0.0845. The molecule has 0 aliphatic heterocycles. The van der Waals surface area contributed by atoms with Gasteiger partial charge in [-0.05, 0) is 252 Å². The molecule has 0 atom stereocenters. The van der Waals surface area contributed by atoms with Crippen molar-refractivity contribution >= 4 is 186 Å². The van der Waals surface area contributed by atoms with Crippen LogP contribution in [0.15, 0.2) is 158 Å². The van der Waals surface area contributed by atoms with Gasteiger partial charge in [-0.2, -0.15) is 22.2 Å². The van der Waals surface area contributed by atoms with E-state index in [0.29, 0.717) is 59.3 Å². The largest absolute Gasteiger partial charge is 0.455 e. The molecule has 6 aromatic rings. The van der Waals surface area contributed by atoms with Crippen LogP contribution < -0.4 is 5.32 Å². The fourth-order valence-electron chi connectivity index (χ4n) is 12.5. The second-order valence-electron chi connectivity index (χ2n) is 42.9. The molecule has 0 saturated carbocycles. The predicted molar refractivity (Wildman–Crippen MR) is 623 cm³/mol. The van der Waals surface area contributed by atoms with Gasteiger partial charge in [0, 0.05) is 151 Å². The second-order valence-corrected chi connectivity index (χ2v) is 97.3. The third-order valence-corrected chi connectivity index (χ3v) is 53.7. The number of hydrogen-bond donors (Lipinski definition) is 2. The Morgan fingerprint density at radius 3 is 0.921 bits per heavy atom. The highest BCUT2D eigenvalue weighted by Crippen LogP contribution is 2.28. The zero-order valence-corrected chi connectivity index (χ0v) is 106. The molecule has 0 spiro atoms. The van der Waals surface area contributed by atoms with Crippen molar-refractivity contribution in [3.05, 3.63) is 193 Å². The number of carbonyl (C=O) groups excluding carboxylic acids is 5. The van der Waals surface area contributed by atoms with Gasteiger partial charge < -0.3 is 26.6 Å². The fraction of sp³-hybridized carbons (Fsp3) is 0.594. The molecule has 1 amide bonds. The lowest BCUT2D eigenvalue weighted by molar-refractivity contribution is -0.124. The minimum Gasteiger partial charge on any atom is -0.455 e. The van der Waals surface area contributed by atoms with Crippen LogP contribution in [0.25, 0.3) is 24.3 Å². The molecule has 0 radical (unpaired) electrons. The van der Waals surface area contributed by atoms with Crippen LogP contribution >= 0.6 is 33.8 Å². The SMILES string of the molecule is C=C[Si](C)(C)O[Si](C)(C)C=C.CC(C)C(=O)CCCC[SiH](C)C.CC(C)C(=O)CCCC[Si](C)(C)O.CC(C)C(=O)CCCC[Si](C)(C)O[Si](C)(C)/C=C/c1ncccn1.CC(C)C(=O)CCCC[Si](C)(C)O[Si](C)(C)CCc1ncccn1.CC(C)C(=O)NCCC[Si](C)(C)Cl.C[Si](C)(/C=C/c1ncccn1)O[Si](C)(C)/C=C/c1ncccn1.C[Si](C)(Cl)/C=C/c1ncccn1.Clc1ncccn1. The van der Waals surface area contributed by atoms with Crippen LogP contribution in [-0.4, -0.2) is 199 Å². The van der Waals surface area contributed by atoms with E-state index in [1.807, 2.05) is 161 Å². The molecular formula is C101H184Cl3N13O10Si12. The molecule has 782 valence electrons. The van der Waals surface area contributed by atoms with Gasteiger partial charge in [-0.15, -0.1) is 13.2 Å². The highest BCUT2D eigenvalue weighted by Gasteiger charge is 2.35. The van der Waals surface area contributed by atoms with Crippen LogP contribution in [0.1, 0.15) is 182 Å². The van der Waals surface area contributed by atoms with E-state index in [2.05, 4.69) is 226 Å². The van der Waals surface area contributed by atoms with E-state index < -0.39 is 89.6 Å². The summed E-state index contributed by atoms with van der Waals surface area (Å²) >= 11 is 17.5. The number of nitrogens with zero attached hydrogens (tertiary/aromatic N) is 12. The molecule has 2 N–H and O–H groups in total. The number of ketones is 4. The Morgan fingerprint density at radius 2 is 0.640 bits per heavy atom. The molecule has 0 aliphatic rings. The number of nitrogens with one attached hydrogen (secondary N) is 1. The van der Waals surface area contributed by atoms with Crippen molar-refractivity contribution in [1.82, 2.24) is 65.1 Å². The van der Waals surface area contributed by atoms with Crippen molar-refractivity contribution in [1.29, 1.82) is 0 Å². The van der Waals surface area contributed by atoms with E-state index in [9.17, 15) is 28.8 Å². The van der Waals surface area contributed by atoms with Gasteiger partial charge >= 0.3 is 0 Å². The third kappa shape index (κ3) is 86.4. The Balaban J connectivity index is -0.00000153. The first kappa shape index (κ1) is 137. The van der Waals surface area contributed by atoms with Crippen molar-refractivity contribution in [2.45, 2.75) is 353 Å². The standard InChI is InChI=1S/C18H34N2O2Si2.C18H32N2O2Si2.C16H22N4OSi2.C10H22O2Si.C10H22OSi.C9H20ClNOSi.C8H11ClN2Si.C8H18OSi2.C4H3ClN2/c2*1-16(2)17(21)10-7-8-14-23(3,4)22-24(5,6)15-11-18-19-12-9-13-20-18;1-22(2,13-7-15-17-9-5-10-18-15)21-23(3,4)14-8-16-19-11-6-12-20-16;1-9(2)10(11)7-5-6-8-13(3,4)12;1-9(2)10(11)7-5-6-8-12(3)4;1-8(2)9(12)11-6-5-7-13(3,4)10;1-12(2,9)7-4-8-10-5-3-6-11-8;1-7-10(3,4)9-11(5,6)8-2;5-4-6-2-1-3-7-4/h9,12-13,16H,7-8,10-11,14-15H2,1-6H3;9,11-13,15-16H,7-8,10,14H2,1-6H3;5-14H,1-4H3;9,12H,5-8H2,1-4H3;9,12H,5-8H2,1-4H3;8H,5-7H2,1-4H3,(H,11,12);3-7H,1-2H3;7-8H,1-2H2,3-6H3;1-3H/b;15-11+;13-7+,14-8+;;;;7-4+;;. The van der Waals surface area contributed by atoms with Crippen molar-refractivity contribution in [2.75, 3.05) is 6.54 Å². The summed E-state index contributed by atoms with van der Waals surface area (Å²) in [5.74, 6) is 6.26. The predicted octanol–water partition coefficient (Wildman–Crippen LogP) is 27.7. The highest BCUT2D eigenvalue weighted by molar-refractivity contribution is 7.22. The summed E-state index contributed by atoms with van der Waals surface area (Å²) in [5, 5.41) is 3.17. The molecule has 0 saturated heterocycles. The summed E-state index contributed by atoms with van der Waals surface area (Å²) in [6, 6.07) is 17.5. The fourth-order valence-corrected chi connectivity index (χ4v) is 46.9. The summed E-state index contributed by atoms with van der Waals surface area (Å²) in [6.07, 6.45) is 41.7. The van der Waals surface area contributed by atoms with Crippen molar-refractivity contribution in [3.63, 3.8) is 0 Å². The number of halogens is 3. The molecule has 0 bridgehead atoms. The first-order chi connectivity index (χ1) is 64.1. The van der Waals surface area contributed by atoms with Gasteiger partial charge in [0.05, 0.1) is 0 Å². The van der Waals surface area contributed by atoms with Crippen LogP contribution in [0.2, 0.25) is 199 Å². The molecule has 38 heteroatoms. The molecule has 0 fully saturated rings. The summed E-state index contributed by atoms with van der Waals surface area (Å²) in [6.45, 7) is 80.3. The number of aryl methyl sites for hydroxylation is 1. The molecule has 0 aliphatic carbocycles. The van der Waals surface area contributed by atoms with E-state index in [4.69, 9.17) is 50.2 Å². The lowest BCUT2D eigenvalue weighted by atomic mass is 10.0. The van der Waals surface area contributed by atoms with Gasteiger partial charge in [-0.1, -0.05) is 174 Å². The maximum atomic E-state index is 11.7. The Bertz CT molecular complexity index is 4310. The first-order valence-electron chi connectivity index (χ1n) is 49.7. The monoisotopic (exact) mass is 2180 g/mol. The average molecular weight is 2180 g/mol. The lowest BCUT2D eigenvalue weighted by Crippen LogP contribution is -2.44. The van der Waals surface area contributed by atoms with E-state index in [0.717, 1.165) is 118 Å². The van der Waals surface area contributed by atoms with Crippen LogP contribution in [0.4, 0.5) is 0 Å². The first-order valence-corrected chi connectivity index (χ1v) is 88.9. The quantitative estimate of drug-likeness (QED) is 0.0155. The van der Waals surface area contributed by atoms with Gasteiger partial charge in [-0.25, -0.2) is 59.8 Å². The van der Waals surface area contributed by atoms with E-state index >= 15 is 0 Å². The van der Waals surface area contributed by atoms with E-state index in [1.54, 1.807) is 86.5 Å². The number of aromatic nitrogens is 12. The molecule has 0 aromatic carbocycles. The molecule has 23 nitrogen and oxygen atoms in total. The lowest BCUT2D eigenvalue weighted by Gasteiger charge is -2.34. The van der Waals surface area contributed by atoms with Gasteiger partial charge in [0.15, 0.2) is 113 Å². The van der Waals surface area contributed by atoms with Gasteiger partial charge in [0.2, 0.25) is 11.2 Å². The number of amides is 1. The van der Waals surface area contributed by atoms with Crippen molar-refractivity contribution in [3.8, 4) is 0 Å². The second kappa shape index (κ2) is 72.6. The number of unbranched alkanes of at least 4 members (excludes halogenated alkanes) is 4. The third-order valence-electron chi connectivity index (χ3n) is 20.3.